The van der Waals surface area contributed by atoms with Crippen LogP contribution in [0.3, 0.4) is 0 Å². The van der Waals surface area contributed by atoms with E-state index in [1.54, 1.807) is 17.9 Å². The van der Waals surface area contributed by atoms with Crippen molar-refractivity contribution in [1.82, 2.24) is 9.80 Å². The topological polar surface area (TPSA) is 110 Å². The van der Waals surface area contributed by atoms with E-state index in [1.165, 1.54) is 12.1 Å². The lowest BCUT2D eigenvalue weighted by molar-refractivity contribution is -0.142. The Balaban J connectivity index is 1.56. The van der Waals surface area contributed by atoms with Crippen molar-refractivity contribution in [2.45, 2.75) is 83.8 Å². The molecule has 2 N–H and O–H groups in total. The van der Waals surface area contributed by atoms with Gasteiger partial charge in [0.05, 0.1) is 36.8 Å². The van der Waals surface area contributed by atoms with Gasteiger partial charge in [-0.2, -0.15) is 13.2 Å². The monoisotopic (exact) mass is 665 g/mol. The molecule has 2 amide bonds. The van der Waals surface area contributed by atoms with Gasteiger partial charge in [0.15, 0.2) is 11.5 Å². The molecule has 2 heterocycles. The molecule has 13 heteroatoms. The van der Waals surface area contributed by atoms with Crippen LogP contribution < -0.4 is 19.5 Å². The summed E-state index contributed by atoms with van der Waals surface area (Å²) >= 11 is 0. The minimum absolute atomic E-state index is 0.146. The molecule has 4 atom stereocenters. The maximum Gasteiger partial charge on any atom is 0.389 e. The highest BCUT2D eigenvalue weighted by Gasteiger charge is 2.31. The standard InChI is InChI=1S/C34H46F3N3O7/c1-22-17-40(23(2)20-41)33(43)27-16-26(38-32(42)12-13-34(35,36)37)9-11-28(27)47-24(3)7-5-6-14-44-31(22)19-39(4)18-25-8-10-29-30(15-25)46-21-45-29/h8-11,15-16,22-24,31,41H,5-7,12-14,17-21H2,1-4H3,(H,38,42)/t22-,23-,24+,31+/m0/s1. The number of nitrogens with zero attached hydrogens (tertiary/aromatic N) is 2. The predicted molar refractivity (Wildman–Crippen MR) is 170 cm³/mol. The summed E-state index contributed by atoms with van der Waals surface area (Å²) in [6, 6.07) is 9.78. The second-order valence-electron chi connectivity index (χ2n) is 12.6. The number of halogens is 3. The fourth-order valence-corrected chi connectivity index (χ4v) is 5.66. The van der Waals surface area contributed by atoms with Crippen molar-refractivity contribution < 1.29 is 46.8 Å². The first kappa shape index (κ1) is 36.3. The Bertz CT molecular complexity index is 1360. The number of alkyl halides is 3. The highest BCUT2D eigenvalue weighted by atomic mass is 19.4. The summed E-state index contributed by atoms with van der Waals surface area (Å²) in [5, 5.41) is 12.6. The van der Waals surface area contributed by atoms with Crippen molar-refractivity contribution in [1.29, 1.82) is 0 Å². The molecule has 0 bridgehead atoms. The van der Waals surface area contributed by atoms with E-state index >= 15 is 0 Å². The molecule has 0 aliphatic carbocycles. The number of nitrogens with one attached hydrogen (secondary N) is 1. The zero-order valence-electron chi connectivity index (χ0n) is 27.5. The highest BCUT2D eigenvalue weighted by Crippen LogP contribution is 2.33. The summed E-state index contributed by atoms with van der Waals surface area (Å²) in [5.41, 5.74) is 1.38. The first-order valence-electron chi connectivity index (χ1n) is 16.1. The molecule has 2 aliphatic rings. The summed E-state index contributed by atoms with van der Waals surface area (Å²) in [6.07, 6.45) is -4.60. The number of fused-ring (bicyclic) bond motifs is 2. The summed E-state index contributed by atoms with van der Waals surface area (Å²) < 4.78 is 61.6. The smallest absolute Gasteiger partial charge is 0.389 e. The van der Waals surface area contributed by atoms with E-state index < -0.39 is 36.9 Å². The number of hydrogen-bond donors (Lipinski definition) is 2. The van der Waals surface area contributed by atoms with Crippen LogP contribution in [0.15, 0.2) is 36.4 Å². The van der Waals surface area contributed by atoms with Crippen LogP contribution in [-0.2, 0) is 16.1 Å². The van der Waals surface area contributed by atoms with Crippen LogP contribution in [-0.4, -0.2) is 91.3 Å². The zero-order chi connectivity index (χ0) is 34.1. The van der Waals surface area contributed by atoms with Crippen molar-refractivity contribution in [3.63, 3.8) is 0 Å². The fraction of sp³-hybridized carbons (Fsp3) is 0.588. The van der Waals surface area contributed by atoms with Gasteiger partial charge in [0.2, 0.25) is 12.7 Å². The SMILES string of the molecule is C[C@@H]1CCCCO[C@H](CN(C)Cc2ccc3c(c2)OCO3)[C@@H](C)CN([C@@H](C)CO)C(=O)c2cc(NC(=O)CCC(F)(F)F)ccc2O1. The van der Waals surface area contributed by atoms with Crippen LogP contribution in [0.4, 0.5) is 18.9 Å². The third kappa shape index (κ3) is 10.7. The van der Waals surface area contributed by atoms with Crippen LogP contribution in [0.5, 0.6) is 17.2 Å². The molecule has 0 saturated carbocycles. The molecule has 0 unspecified atom stereocenters. The van der Waals surface area contributed by atoms with Crippen molar-refractivity contribution >= 4 is 17.5 Å². The first-order valence-corrected chi connectivity index (χ1v) is 16.1. The third-order valence-corrected chi connectivity index (χ3v) is 8.35. The minimum atomic E-state index is -4.46. The fourth-order valence-electron chi connectivity index (χ4n) is 5.66. The molecule has 2 aromatic carbocycles. The molecule has 47 heavy (non-hydrogen) atoms. The molecule has 4 rings (SSSR count). The van der Waals surface area contributed by atoms with E-state index in [9.17, 15) is 27.9 Å². The molecule has 0 saturated heterocycles. The molecule has 260 valence electrons. The van der Waals surface area contributed by atoms with Crippen molar-refractivity contribution in [2.24, 2.45) is 5.92 Å². The Hall–Kier alpha value is -3.55. The number of carbonyl (C=O) groups is 2. The zero-order valence-corrected chi connectivity index (χ0v) is 27.5. The number of ether oxygens (including phenoxy) is 4. The molecule has 0 radical (unpaired) electrons. The average molecular weight is 666 g/mol. The number of rotatable bonds is 9. The predicted octanol–water partition coefficient (Wildman–Crippen LogP) is 5.62. The lowest BCUT2D eigenvalue weighted by atomic mass is 10.0. The second-order valence-corrected chi connectivity index (χ2v) is 12.6. The van der Waals surface area contributed by atoms with Gasteiger partial charge in [0, 0.05) is 44.3 Å². The maximum absolute atomic E-state index is 14.2. The number of likely N-dealkylation sites (N-methyl/N-ethyl adjacent to an activating group) is 1. The van der Waals surface area contributed by atoms with E-state index in [-0.39, 0.29) is 49.3 Å². The second kappa shape index (κ2) is 16.5. The van der Waals surface area contributed by atoms with E-state index in [4.69, 9.17) is 18.9 Å². The minimum Gasteiger partial charge on any atom is -0.490 e. The van der Waals surface area contributed by atoms with Crippen LogP contribution in [0.25, 0.3) is 0 Å². The molecular formula is C34H46F3N3O7. The quantitative estimate of drug-likeness (QED) is 0.355. The number of benzene rings is 2. The van der Waals surface area contributed by atoms with Crippen LogP contribution >= 0.6 is 0 Å². The normalized spacial score (nSPS) is 21.5. The number of amides is 2. The summed E-state index contributed by atoms with van der Waals surface area (Å²) in [5.74, 6) is 0.337. The van der Waals surface area contributed by atoms with Gasteiger partial charge < -0.3 is 34.3 Å². The number of carbonyl (C=O) groups excluding carboxylic acids is 2. The van der Waals surface area contributed by atoms with Crippen molar-refractivity contribution in [2.75, 3.05) is 45.5 Å². The number of hydrogen-bond acceptors (Lipinski definition) is 8. The largest absolute Gasteiger partial charge is 0.490 e. The molecule has 0 fully saturated rings. The van der Waals surface area contributed by atoms with E-state index in [1.807, 2.05) is 39.1 Å². The Kier molecular flexibility index (Phi) is 12.8. The molecule has 0 spiro atoms. The van der Waals surface area contributed by atoms with E-state index in [2.05, 4.69) is 10.2 Å². The summed E-state index contributed by atoms with van der Waals surface area (Å²) in [6.45, 7) is 7.56. The maximum atomic E-state index is 14.2. The van der Waals surface area contributed by atoms with Crippen LogP contribution in [0.2, 0.25) is 0 Å². The Morgan fingerprint density at radius 3 is 2.60 bits per heavy atom. The Morgan fingerprint density at radius 2 is 1.85 bits per heavy atom. The lowest BCUT2D eigenvalue weighted by Gasteiger charge is -2.36. The van der Waals surface area contributed by atoms with Gasteiger partial charge in [-0.25, -0.2) is 0 Å². The number of aliphatic hydroxyl groups excluding tert-OH is 1. The van der Waals surface area contributed by atoms with E-state index in [0.29, 0.717) is 37.6 Å². The van der Waals surface area contributed by atoms with Crippen molar-refractivity contribution in [3.05, 3.63) is 47.5 Å². The molecule has 2 aromatic rings. The molecular weight excluding hydrogens is 619 g/mol. The molecule has 2 aliphatic heterocycles. The lowest BCUT2D eigenvalue weighted by Crippen LogP contribution is -2.47. The Morgan fingerprint density at radius 1 is 1.11 bits per heavy atom. The average Bonchev–Trinajstić information content (AvgIpc) is 3.49. The molecule has 0 aromatic heterocycles. The van der Waals surface area contributed by atoms with Gasteiger partial charge in [-0.05, 0) is 76.1 Å². The van der Waals surface area contributed by atoms with Gasteiger partial charge in [-0.1, -0.05) is 13.0 Å². The van der Waals surface area contributed by atoms with Crippen molar-refractivity contribution in [3.8, 4) is 17.2 Å². The summed E-state index contributed by atoms with van der Waals surface area (Å²) in [4.78, 5) is 30.2. The van der Waals surface area contributed by atoms with Gasteiger partial charge in [0.1, 0.15) is 5.75 Å². The van der Waals surface area contributed by atoms with Gasteiger partial charge in [0.25, 0.3) is 5.91 Å². The van der Waals surface area contributed by atoms with Gasteiger partial charge >= 0.3 is 6.18 Å². The van der Waals surface area contributed by atoms with Gasteiger partial charge in [-0.15, -0.1) is 0 Å². The van der Waals surface area contributed by atoms with Crippen LogP contribution in [0, 0.1) is 5.92 Å². The number of anilines is 1. The first-order chi connectivity index (χ1) is 22.3. The Labute approximate surface area is 274 Å². The molecule has 10 nitrogen and oxygen atoms in total. The van der Waals surface area contributed by atoms with E-state index in [0.717, 1.165) is 24.2 Å². The number of aliphatic hydroxyl groups is 1. The van der Waals surface area contributed by atoms with Crippen LogP contribution in [0.1, 0.15) is 68.8 Å². The third-order valence-electron chi connectivity index (χ3n) is 8.35. The highest BCUT2D eigenvalue weighted by molar-refractivity contribution is 5.99. The van der Waals surface area contributed by atoms with Gasteiger partial charge in [-0.3, -0.25) is 14.5 Å². The summed E-state index contributed by atoms with van der Waals surface area (Å²) in [7, 11) is 2.01.